The maximum atomic E-state index is 13.0. The quantitative estimate of drug-likeness (QED) is 0.856. The fraction of sp³-hybridized carbons (Fsp3) is 0.778. The Morgan fingerprint density at radius 1 is 1.26 bits per heavy atom. The van der Waals surface area contributed by atoms with E-state index in [1.807, 2.05) is 17.9 Å². The largest absolute Gasteiger partial charge is 0.335 e. The molecule has 0 unspecified atom stereocenters. The molecule has 3 heterocycles. The van der Waals surface area contributed by atoms with Crippen LogP contribution < -0.4 is 0 Å². The Balaban J connectivity index is 1.59. The molecule has 23 heavy (non-hydrogen) atoms. The predicted octanol–water partition coefficient (Wildman–Crippen LogP) is 2.45. The summed E-state index contributed by atoms with van der Waals surface area (Å²) in [5.41, 5.74) is 1.19. The van der Waals surface area contributed by atoms with E-state index < -0.39 is 0 Å². The Labute approximate surface area is 139 Å². The van der Waals surface area contributed by atoms with Crippen LogP contribution in [-0.2, 0) is 11.8 Å². The van der Waals surface area contributed by atoms with E-state index in [2.05, 4.69) is 34.9 Å². The second-order valence-corrected chi connectivity index (χ2v) is 7.61. The van der Waals surface area contributed by atoms with Crippen LogP contribution in [0, 0.1) is 11.8 Å². The second-order valence-electron chi connectivity index (χ2n) is 7.61. The van der Waals surface area contributed by atoms with Gasteiger partial charge in [-0.2, -0.15) is 5.10 Å². The van der Waals surface area contributed by atoms with Gasteiger partial charge in [0.15, 0.2) is 0 Å². The van der Waals surface area contributed by atoms with Gasteiger partial charge in [0.05, 0.1) is 12.2 Å². The van der Waals surface area contributed by atoms with Gasteiger partial charge < -0.3 is 9.80 Å². The van der Waals surface area contributed by atoms with Crippen molar-refractivity contribution in [3.05, 3.63) is 18.0 Å². The van der Waals surface area contributed by atoms with Crippen molar-refractivity contribution in [3.8, 4) is 0 Å². The number of hydrogen-bond acceptors (Lipinski definition) is 3. The molecule has 2 saturated heterocycles. The van der Waals surface area contributed by atoms with Crippen LogP contribution in [0.3, 0.4) is 0 Å². The van der Waals surface area contributed by atoms with Crippen molar-refractivity contribution in [1.82, 2.24) is 19.6 Å². The number of nitrogens with zero attached hydrogens (tertiary/aromatic N) is 4. The molecule has 5 nitrogen and oxygen atoms in total. The predicted molar refractivity (Wildman–Crippen MR) is 90.9 cm³/mol. The number of carbonyl (C=O) groups is 1. The van der Waals surface area contributed by atoms with Crippen LogP contribution in [0.1, 0.15) is 51.1 Å². The number of amides is 1. The minimum absolute atomic E-state index is 0.218. The van der Waals surface area contributed by atoms with E-state index in [0.29, 0.717) is 11.8 Å². The Hall–Kier alpha value is -1.36. The molecule has 1 amide bonds. The summed E-state index contributed by atoms with van der Waals surface area (Å²) in [7, 11) is 1.94. The van der Waals surface area contributed by atoms with E-state index in [1.165, 1.54) is 5.56 Å². The zero-order valence-electron chi connectivity index (χ0n) is 14.7. The minimum atomic E-state index is 0.218. The van der Waals surface area contributed by atoms with E-state index in [-0.39, 0.29) is 12.0 Å². The molecule has 5 heteroatoms. The van der Waals surface area contributed by atoms with E-state index in [4.69, 9.17) is 0 Å². The van der Waals surface area contributed by atoms with E-state index in [9.17, 15) is 4.79 Å². The number of carbonyl (C=O) groups excluding carboxylic acids is 1. The summed E-state index contributed by atoms with van der Waals surface area (Å²) in [5.74, 6) is 1.30. The van der Waals surface area contributed by atoms with Crippen molar-refractivity contribution < 1.29 is 4.79 Å². The Bertz CT molecular complexity index is 531. The lowest BCUT2D eigenvalue weighted by Crippen LogP contribution is -2.43. The van der Waals surface area contributed by atoms with E-state index in [1.54, 1.807) is 0 Å². The van der Waals surface area contributed by atoms with Gasteiger partial charge in [-0.1, -0.05) is 13.8 Å². The van der Waals surface area contributed by atoms with Gasteiger partial charge in [-0.3, -0.25) is 9.48 Å². The topological polar surface area (TPSA) is 41.4 Å². The van der Waals surface area contributed by atoms with Gasteiger partial charge in [-0.25, -0.2) is 0 Å². The summed E-state index contributed by atoms with van der Waals surface area (Å²) in [5, 5.41) is 4.28. The molecule has 2 aliphatic heterocycles. The first kappa shape index (κ1) is 16.5. The molecule has 3 rings (SSSR count). The highest BCUT2D eigenvalue weighted by atomic mass is 16.2. The number of aryl methyl sites for hydroxylation is 1. The zero-order valence-corrected chi connectivity index (χ0v) is 14.7. The summed E-state index contributed by atoms with van der Waals surface area (Å²) >= 11 is 0. The van der Waals surface area contributed by atoms with Crippen LogP contribution in [-0.4, -0.2) is 51.7 Å². The van der Waals surface area contributed by atoms with Gasteiger partial charge in [-0.15, -0.1) is 0 Å². The molecule has 0 spiro atoms. The molecule has 0 radical (unpaired) electrons. The van der Waals surface area contributed by atoms with Gasteiger partial charge in [-0.05, 0) is 44.7 Å². The number of rotatable bonds is 4. The molecule has 1 aromatic heterocycles. The highest BCUT2D eigenvalue weighted by molar-refractivity contribution is 5.79. The van der Waals surface area contributed by atoms with E-state index in [0.717, 1.165) is 51.9 Å². The third-order valence-corrected chi connectivity index (χ3v) is 5.21. The van der Waals surface area contributed by atoms with Crippen molar-refractivity contribution in [2.24, 2.45) is 18.9 Å². The van der Waals surface area contributed by atoms with Gasteiger partial charge >= 0.3 is 0 Å². The van der Waals surface area contributed by atoms with Crippen molar-refractivity contribution >= 4 is 5.91 Å². The lowest BCUT2D eigenvalue weighted by molar-refractivity contribution is -0.138. The highest BCUT2D eigenvalue weighted by Crippen LogP contribution is 2.34. The first-order valence-corrected chi connectivity index (χ1v) is 9.06. The summed E-state index contributed by atoms with van der Waals surface area (Å²) in [6, 6.07) is 0.241. The van der Waals surface area contributed by atoms with Gasteiger partial charge in [0.25, 0.3) is 0 Å². The van der Waals surface area contributed by atoms with Crippen LogP contribution >= 0.6 is 0 Å². The molecule has 0 aliphatic carbocycles. The minimum Gasteiger partial charge on any atom is -0.335 e. The maximum Gasteiger partial charge on any atom is 0.226 e. The fourth-order valence-electron chi connectivity index (χ4n) is 4.10. The molecule has 128 valence electrons. The first-order chi connectivity index (χ1) is 11.0. The van der Waals surface area contributed by atoms with Crippen LogP contribution in [0.25, 0.3) is 0 Å². The van der Waals surface area contributed by atoms with Gasteiger partial charge in [0, 0.05) is 37.8 Å². The van der Waals surface area contributed by atoms with Crippen LogP contribution in [0.5, 0.6) is 0 Å². The number of piperidine rings is 1. The molecule has 0 aromatic carbocycles. The first-order valence-electron chi connectivity index (χ1n) is 9.06. The third-order valence-electron chi connectivity index (χ3n) is 5.21. The van der Waals surface area contributed by atoms with Crippen molar-refractivity contribution in [2.45, 2.75) is 45.6 Å². The van der Waals surface area contributed by atoms with Gasteiger partial charge in [0.1, 0.15) is 0 Å². The number of hydrogen-bond donors (Lipinski definition) is 0. The molecule has 1 aromatic rings. The molecule has 0 saturated carbocycles. The molecule has 0 bridgehead atoms. The fourth-order valence-corrected chi connectivity index (χ4v) is 4.10. The smallest absolute Gasteiger partial charge is 0.226 e. The SMILES string of the molecule is CC(C)CN1CCC(C(=O)N2CCC[C@@H]2c2cnn(C)c2)CC1. The normalized spacial score (nSPS) is 23.8. The van der Waals surface area contributed by atoms with Crippen LogP contribution in [0.2, 0.25) is 0 Å². The Morgan fingerprint density at radius 2 is 2.00 bits per heavy atom. The maximum absolute atomic E-state index is 13.0. The van der Waals surface area contributed by atoms with Crippen LogP contribution in [0.15, 0.2) is 12.4 Å². The Kier molecular flexibility index (Phi) is 5.05. The summed E-state index contributed by atoms with van der Waals surface area (Å²) < 4.78 is 1.83. The lowest BCUT2D eigenvalue weighted by Gasteiger charge is -2.35. The zero-order chi connectivity index (χ0) is 16.4. The average Bonchev–Trinajstić information content (AvgIpc) is 3.15. The van der Waals surface area contributed by atoms with Crippen molar-refractivity contribution in [1.29, 1.82) is 0 Å². The summed E-state index contributed by atoms with van der Waals surface area (Å²) in [6.07, 6.45) is 8.19. The Morgan fingerprint density at radius 3 is 2.61 bits per heavy atom. The lowest BCUT2D eigenvalue weighted by atomic mass is 9.94. The molecule has 0 N–H and O–H groups in total. The number of likely N-dealkylation sites (tertiary alicyclic amines) is 2. The highest BCUT2D eigenvalue weighted by Gasteiger charge is 2.35. The van der Waals surface area contributed by atoms with Crippen LogP contribution in [0.4, 0.5) is 0 Å². The molecule has 2 fully saturated rings. The number of aromatic nitrogens is 2. The standard InChI is InChI=1S/C18H30N4O/c1-14(2)12-21-9-6-15(7-10-21)18(23)22-8-4-5-17(22)16-11-19-20(3)13-16/h11,13-15,17H,4-10,12H2,1-3H3/t17-/m1/s1. The van der Waals surface area contributed by atoms with Crippen molar-refractivity contribution in [3.63, 3.8) is 0 Å². The van der Waals surface area contributed by atoms with E-state index >= 15 is 0 Å². The summed E-state index contributed by atoms with van der Waals surface area (Å²) in [6.45, 7) is 8.73. The molecular weight excluding hydrogens is 288 g/mol. The molecule has 1 atom stereocenters. The second kappa shape index (κ2) is 7.04. The average molecular weight is 318 g/mol. The third kappa shape index (κ3) is 3.77. The summed E-state index contributed by atoms with van der Waals surface area (Å²) in [4.78, 5) is 17.6. The van der Waals surface area contributed by atoms with Crippen molar-refractivity contribution in [2.75, 3.05) is 26.2 Å². The van der Waals surface area contributed by atoms with Gasteiger partial charge in [0.2, 0.25) is 5.91 Å². The molecular formula is C18H30N4O. The monoisotopic (exact) mass is 318 g/mol. The molecule has 2 aliphatic rings.